The van der Waals surface area contributed by atoms with Crippen LogP contribution in [0.3, 0.4) is 0 Å². The number of rotatable bonds is 6. The van der Waals surface area contributed by atoms with Gasteiger partial charge in [0.2, 0.25) is 0 Å². The summed E-state index contributed by atoms with van der Waals surface area (Å²) >= 11 is 0. The van der Waals surface area contributed by atoms with E-state index in [2.05, 4.69) is 26.1 Å². The van der Waals surface area contributed by atoms with Crippen molar-refractivity contribution in [3.63, 3.8) is 0 Å². The van der Waals surface area contributed by atoms with Crippen molar-refractivity contribution in [2.24, 2.45) is 0 Å². The normalized spacial score (nSPS) is 11.0. The van der Waals surface area contributed by atoms with Gasteiger partial charge in [-0.2, -0.15) is 0 Å². The highest BCUT2D eigenvalue weighted by Crippen LogP contribution is 2.20. The Balaban J connectivity index is 2.77. The second kappa shape index (κ2) is 6.71. The fourth-order valence-electron chi connectivity index (χ4n) is 1.68. The van der Waals surface area contributed by atoms with Gasteiger partial charge in [-0.3, -0.25) is 0 Å². The lowest BCUT2D eigenvalue weighted by atomic mass is 10.0. The number of nitrogen functional groups attached to an aromatic ring is 1. The van der Waals surface area contributed by atoms with E-state index in [4.69, 9.17) is 10.2 Å². The molecule has 0 spiro atoms. The van der Waals surface area contributed by atoms with Gasteiger partial charge in [-0.1, -0.05) is 25.5 Å². The molecule has 0 saturated carbocycles. The summed E-state index contributed by atoms with van der Waals surface area (Å²) < 4.78 is 5.79. The maximum atomic E-state index is 6.01. The molecule has 0 aromatic heterocycles. The van der Waals surface area contributed by atoms with Crippen molar-refractivity contribution in [1.82, 2.24) is 0 Å². The predicted octanol–water partition coefficient (Wildman–Crippen LogP) is 3.11. The standard InChI is InChI=1S/C13H23NOSi/c1-4-5-7-11-8-6-9-13(14)12(11)10-15-16(2)3/h6,8-9,16H,4-5,7,10,14H2,1-3H3. The molecule has 2 N–H and O–H groups in total. The number of hydrogen-bond acceptors (Lipinski definition) is 2. The molecule has 1 aromatic carbocycles. The topological polar surface area (TPSA) is 35.2 Å². The average molecular weight is 237 g/mol. The minimum atomic E-state index is -0.964. The lowest BCUT2D eigenvalue weighted by Crippen LogP contribution is -2.10. The lowest BCUT2D eigenvalue weighted by molar-refractivity contribution is 0.314. The van der Waals surface area contributed by atoms with Crippen LogP contribution in [0.4, 0.5) is 5.69 Å². The summed E-state index contributed by atoms with van der Waals surface area (Å²) in [4.78, 5) is 0. The van der Waals surface area contributed by atoms with Gasteiger partial charge in [0, 0.05) is 11.3 Å². The van der Waals surface area contributed by atoms with Gasteiger partial charge in [0.1, 0.15) is 0 Å². The molecule has 0 fully saturated rings. The highest BCUT2D eigenvalue weighted by Gasteiger charge is 2.07. The first-order valence-corrected chi connectivity index (χ1v) is 8.91. The third-order valence-corrected chi connectivity index (χ3v) is 3.50. The first-order chi connectivity index (χ1) is 7.65. The van der Waals surface area contributed by atoms with Crippen molar-refractivity contribution in [2.45, 2.75) is 45.9 Å². The highest BCUT2D eigenvalue weighted by molar-refractivity contribution is 6.48. The van der Waals surface area contributed by atoms with Gasteiger partial charge >= 0.3 is 0 Å². The zero-order valence-electron chi connectivity index (χ0n) is 10.6. The van der Waals surface area contributed by atoms with Crippen LogP contribution < -0.4 is 5.73 Å². The molecule has 1 rings (SSSR count). The van der Waals surface area contributed by atoms with Crippen molar-refractivity contribution in [2.75, 3.05) is 5.73 Å². The first kappa shape index (κ1) is 13.3. The summed E-state index contributed by atoms with van der Waals surface area (Å²) in [6.07, 6.45) is 3.55. The van der Waals surface area contributed by atoms with Crippen molar-refractivity contribution < 1.29 is 4.43 Å². The molecule has 0 bridgehead atoms. The largest absolute Gasteiger partial charge is 0.416 e. The second-order valence-corrected chi connectivity index (χ2v) is 6.88. The Kier molecular flexibility index (Phi) is 5.56. The van der Waals surface area contributed by atoms with Crippen LogP contribution in [-0.2, 0) is 17.5 Å². The summed E-state index contributed by atoms with van der Waals surface area (Å²) in [6.45, 7) is 7.27. The smallest absolute Gasteiger partial charge is 0.171 e. The van der Waals surface area contributed by atoms with Crippen LogP contribution in [0.15, 0.2) is 18.2 Å². The molecule has 0 aliphatic heterocycles. The molecule has 0 aliphatic rings. The molecule has 0 saturated heterocycles. The van der Waals surface area contributed by atoms with Gasteiger partial charge in [0.25, 0.3) is 0 Å². The molecule has 0 heterocycles. The summed E-state index contributed by atoms with van der Waals surface area (Å²) in [6, 6.07) is 6.18. The fourth-order valence-corrected chi connectivity index (χ4v) is 2.18. The van der Waals surface area contributed by atoms with Gasteiger partial charge in [0.05, 0.1) is 6.61 Å². The number of aryl methyl sites for hydroxylation is 1. The molecular formula is C13H23NOSi. The molecule has 2 nitrogen and oxygen atoms in total. The van der Waals surface area contributed by atoms with Crippen LogP contribution in [0, 0.1) is 0 Å². The number of unbranched alkanes of at least 4 members (excludes halogenated alkanes) is 1. The monoisotopic (exact) mass is 237 g/mol. The molecule has 1 aromatic rings. The van der Waals surface area contributed by atoms with E-state index in [1.54, 1.807) is 0 Å². The second-order valence-electron chi connectivity index (χ2n) is 4.45. The number of anilines is 1. The Bertz CT molecular complexity index is 326. The van der Waals surface area contributed by atoms with Crippen LogP contribution >= 0.6 is 0 Å². The van der Waals surface area contributed by atoms with Crippen LogP contribution in [-0.4, -0.2) is 9.04 Å². The van der Waals surface area contributed by atoms with E-state index in [0.29, 0.717) is 6.61 Å². The minimum Gasteiger partial charge on any atom is -0.416 e. The maximum absolute atomic E-state index is 6.01. The van der Waals surface area contributed by atoms with Crippen LogP contribution in [0.2, 0.25) is 13.1 Å². The SMILES string of the molecule is CCCCc1cccc(N)c1CO[SiH](C)C. The van der Waals surface area contributed by atoms with Gasteiger partial charge in [-0.15, -0.1) is 0 Å². The van der Waals surface area contributed by atoms with Crippen molar-refractivity contribution in [1.29, 1.82) is 0 Å². The zero-order chi connectivity index (χ0) is 12.0. The zero-order valence-corrected chi connectivity index (χ0v) is 11.8. The molecular weight excluding hydrogens is 214 g/mol. The maximum Gasteiger partial charge on any atom is 0.171 e. The highest BCUT2D eigenvalue weighted by atomic mass is 28.3. The van der Waals surface area contributed by atoms with Gasteiger partial charge < -0.3 is 10.2 Å². The number of hydrogen-bond donors (Lipinski definition) is 1. The summed E-state index contributed by atoms with van der Waals surface area (Å²) in [5.41, 5.74) is 9.46. The molecule has 90 valence electrons. The molecule has 0 radical (unpaired) electrons. The summed E-state index contributed by atoms with van der Waals surface area (Å²) in [5.74, 6) is 0. The first-order valence-electron chi connectivity index (χ1n) is 6.13. The molecule has 0 atom stereocenters. The fraction of sp³-hybridized carbons (Fsp3) is 0.538. The van der Waals surface area contributed by atoms with Crippen molar-refractivity contribution in [3.8, 4) is 0 Å². The van der Waals surface area contributed by atoms with E-state index in [1.807, 2.05) is 12.1 Å². The Labute approximate surface area is 101 Å². The minimum absolute atomic E-state index is 0.690. The average Bonchev–Trinajstić information content (AvgIpc) is 2.24. The summed E-state index contributed by atoms with van der Waals surface area (Å²) in [5, 5.41) is 0. The third-order valence-electron chi connectivity index (χ3n) is 2.67. The van der Waals surface area contributed by atoms with E-state index in [-0.39, 0.29) is 0 Å². The van der Waals surface area contributed by atoms with E-state index < -0.39 is 9.04 Å². The van der Waals surface area contributed by atoms with Gasteiger partial charge in [-0.25, -0.2) is 0 Å². The van der Waals surface area contributed by atoms with E-state index >= 15 is 0 Å². The van der Waals surface area contributed by atoms with Crippen LogP contribution in [0.25, 0.3) is 0 Å². The van der Waals surface area contributed by atoms with E-state index in [0.717, 1.165) is 12.1 Å². The Morgan fingerprint density at radius 3 is 2.69 bits per heavy atom. The Morgan fingerprint density at radius 2 is 2.06 bits per heavy atom. The van der Waals surface area contributed by atoms with E-state index in [1.165, 1.54) is 24.0 Å². The third kappa shape index (κ3) is 3.98. The molecule has 0 unspecified atom stereocenters. The summed E-state index contributed by atoms with van der Waals surface area (Å²) in [7, 11) is -0.964. The predicted molar refractivity (Wildman–Crippen MR) is 73.1 cm³/mol. The van der Waals surface area contributed by atoms with Crippen molar-refractivity contribution >= 4 is 14.7 Å². The Morgan fingerprint density at radius 1 is 1.31 bits per heavy atom. The number of nitrogens with two attached hydrogens (primary N) is 1. The van der Waals surface area contributed by atoms with Gasteiger partial charge in [-0.05, 0) is 37.6 Å². The quantitative estimate of drug-likeness (QED) is 0.609. The van der Waals surface area contributed by atoms with Crippen LogP contribution in [0.1, 0.15) is 30.9 Å². The van der Waals surface area contributed by atoms with E-state index in [9.17, 15) is 0 Å². The number of benzene rings is 1. The van der Waals surface area contributed by atoms with Crippen LogP contribution in [0.5, 0.6) is 0 Å². The van der Waals surface area contributed by atoms with Crippen molar-refractivity contribution in [3.05, 3.63) is 29.3 Å². The van der Waals surface area contributed by atoms with Gasteiger partial charge in [0.15, 0.2) is 9.04 Å². The Hall–Kier alpha value is -0.803. The molecule has 0 amide bonds. The lowest BCUT2D eigenvalue weighted by Gasteiger charge is -2.14. The molecule has 16 heavy (non-hydrogen) atoms. The molecule has 3 heteroatoms. The molecule has 0 aliphatic carbocycles.